The lowest BCUT2D eigenvalue weighted by molar-refractivity contribution is -0.129. The van der Waals surface area contributed by atoms with E-state index < -0.39 is 0 Å². The summed E-state index contributed by atoms with van der Waals surface area (Å²) in [6.07, 6.45) is 1.95. The first kappa shape index (κ1) is 21.4. The number of anilines is 1. The number of likely N-dealkylation sites (tertiary alicyclic amines) is 1. The molecule has 5 rings (SSSR count). The summed E-state index contributed by atoms with van der Waals surface area (Å²) >= 11 is 4.75. The third-order valence-electron chi connectivity index (χ3n) is 5.52. The zero-order valence-corrected chi connectivity index (χ0v) is 19.9. The van der Waals surface area contributed by atoms with Gasteiger partial charge in [-0.1, -0.05) is 65.6 Å². The highest BCUT2D eigenvalue weighted by Crippen LogP contribution is 2.34. The molecule has 2 aromatic heterocycles. The summed E-state index contributed by atoms with van der Waals surface area (Å²) < 4.78 is 2.06. The number of amides is 1. The number of fused-ring (bicyclic) bond motifs is 1. The van der Waals surface area contributed by atoms with Crippen molar-refractivity contribution in [2.24, 2.45) is 0 Å². The van der Waals surface area contributed by atoms with Gasteiger partial charge in [0.25, 0.3) is 0 Å². The maximum absolute atomic E-state index is 12.7. The van der Waals surface area contributed by atoms with Crippen molar-refractivity contribution >= 4 is 55.7 Å². The number of aromatic nitrogens is 3. The van der Waals surface area contributed by atoms with E-state index in [0.29, 0.717) is 18.2 Å². The minimum atomic E-state index is 0.173. The van der Waals surface area contributed by atoms with Crippen LogP contribution in [0.15, 0.2) is 58.9 Å². The summed E-state index contributed by atoms with van der Waals surface area (Å²) in [5.74, 6) is 1.02. The fraction of sp³-hybridized carbons (Fsp3) is 0.304. The molecule has 164 valence electrons. The Bertz CT molecular complexity index is 1150. The summed E-state index contributed by atoms with van der Waals surface area (Å²) in [5.41, 5.74) is 2.28. The van der Waals surface area contributed by atoms with Crippen molar-refractivity contribution in [1.29, 1.82) is 0 Å². The topological polar surface area (TPSA) is 71.0 Å². The zero-order chi connectivity index (χ0) is 21.8. The molecule has 0 atom stereocenters. The largest absolute Gasteiger partial charge is 0.356 e. The third kappa shape index (κ3) is 5.11. The van der Waals surface area contributed by atoms with Crippen LogP contribution in [0.25, 0.3) is 10.2 Å². The van der Waals surface area contributed by atoms with Crippen LogP contribution in [0, 0.1) is 0 Å². The molecule has 9 heteroatoms. The SMILES string of the molecule is O=C(CSc1nnc(NCc2ccccc2)s1)N1CCC(c2nc3ccccc3s2)CC1. The van der Waals surface area contributed by atoms with E-state index in [1.807, 2.05) is 29.2 Å². The highest BCUT2D eigenvalue weighted by Gasteiger charge is 2.26. The van der Waals surface area contributed by atoms with E-state index >= 15 is 0 Å². The zero-order valence-electron chi connectivity index (χ0n) is 17.4. The number of hydrogen-bond acceptors (Lipinski definition) is 8. The van der Waals surface area contributed by atoms with Crippen molar-refractivity contribution in [3.63, 3.8) is 0 Å². The molecular formula is C23H23N5OS3. The number of nitrogens with one attached hydrogen (secondary N) is 1. The molecule has 1 aliphatic rings. The lowest BCUT2D eigenvalue weighted by Crippen LogP contribution is -2.38. The molecule has 2 aromatic carbocycles. The molecule has 32 heavy (non-hydrogen) atoms. The molecule has 0 saturated carbocycles. The molecule has 0 aliphatic carbocycles. The van der Waals surface area contributed by atoms with Gasteiger partial charge in [0.2, 0.25) is 11.0 Å². The van der Waals surface area contributed by atoms with E-state index in [1.54, 1.807) is 11.3 Å². The van der Waals surface area contributed by atoms with Crippen molar-refractivity contribution < 1.29 is 4.79 Å². The van der Waals surface area contributed by atoms with Gasteiger partial charge in [-0.25, -0.2) is 4.98 Å². The monoisotopic (exact) mass is 481 g/mol. The number of para-hydroxylation sites is 1. The Balaban J connectivity index is 1.08. The van der Waals surface area contributed by atoms with E-state index in [1.165, 1.54) is 38.4 Å². The van der Waals surface area contributed by atoms with Crippen molar-refractivity contribution in [3.05, 3.63) is 65.2 Å². The van der Waals surface area contributed by atoms with Gasteiger partial charge in [0.15, 0.2) is 4.34 Å². The quantitative estimate of drug-likeness (QED) is 0.363. The summed E-state index contributed by atoms with van der Waals surface area (Å²) in [6.45, 7) is 2.29. The average Bonchev–Trinajstić information content (AvgIpc) is 3.49. The Morgan fingerprint density at radius 2 is 1.81 bits per heavy atom. The maximum Gasteiger partial charge on any atom is 0.233 e. The molecule has 1 saturated heterocycles. The van der Waals surface area contributed by atoms with Gasteiger partial charge < -0.3 is 10.2 Å². The summed E-state index contributed by atoms with van der Waals surface area (Å²) in [5, 5.41) is 13.7. The number of thiazole rings is 1. The molecule has 4 aromatic rings. The van der Waals surface area contributed by atoms with E-state index in [2.05, 4.69) is 45.8 Å². The molecule has 6 nitrogen and oxygen atoms in total. The van der Waals surface area contributed by atoms with Crippen molar-refractivity contribution in [2.45, 2.75) is 29.6 Å². The Morgan fingerprint density at radius 1 is 1.03 bits per heavy atom. The number of thioether (sulfide) groups is 1. The van der Waals surface area contributed by atoms with Crippen LogP contribution >= 0.6 is 34.4 Å². The minimum absolute atomic E-state index is 0.173. The molecular weight excluding hydrogens is 458 g/mol. The average molecular weight is 482 g/mol. The van der Waals surface area contributed by atoms with Crippen LogP contribution in [0.3, 0.4) is 0 Å². The normalized spacial score (nSPS) is 14.7. The van der Waals surface area contributed by atoms with Crippen LogP contribution in [0.5, 0.6) is 0 Å². The van der Waals surface area contributed by atoms with Gasteiger partial charge >= 0.3 is 0 Å². The van der Waals surface area contributed by atoms with Crippen LogP contribution in [0.1, 0.15) is 29.3 Å². The van der Waals surface area contributed by atoms with E-state index in [-0.39, 0.29) is 5.91 Å². The molecule has 1 N–H and O–H groups in total. The molecule has 0 radical (unpaired) electrons. The van der Waals surface area contributed by atoms with Crippen molar-refractivity contribution in [1.82, 2.24) is 20.1 Å². The highest BCUT2D eigenvalue weighted by atomic mass is 32.2. The molecule has 0 bridgehead atoms. The minimum Gasteiger partial charge on any atom is -0.356 e. The fourth-order valence-electron chi connectivity index (χ4n) is 3.77. The van der Waals surface area contributed by atoms with Gasteiger partial charge in [0.1, 0.15) is 0 Å². The molecule has 3 heterocycles. The van der Waals surface area contributed by atoms with Gasteiger partial charge in [-0.3, -0.25) is 4.79 Å². The van der Waals surface area contributed by atoms with Gasteiger partial charge in [-0.15, -0.1) is 21.5 Å². The number of carbonyl (C=O) groups excluding carboxylic acids is 1. The first-order valence-corrected chi connectivity index (χ1v) is 13.2. The molecule has 1 aliphatic heterocycles. The summed E-state index contributed by atoms with van der Waals surface area (Å²) in [6, 6.07) is 18.5. The van der Waals surface area contributed by atoms with Gasteiger partial charge in [-0.2, -0.15) is 0 Å². The van der Waals surface area contributed by atoms with Gasteiger partial charge in [-0.05, 0) is 30.5 Å². The number of hydrogen-bond donors (Lipinski definition) is 1. The van der Waals surface area contributed by atoms with Gasteiger partial charge in [0, 0.05) is 25.6 Å². The summed E-state index contributed by atoms with van der Waals surface area (Å²) in [4.78, 5) is 19.5. The van der Waals surface area contributed by atoms with Crippen LogP contribution in [-0.2, 0) is 11.3 Å². The number of benzene rings is 2. The summed E-state index contributed by atoms with van der Waals surface area (Å²) in [7, 11) is 0. The molecule has 0 spiro atoms. The van der Waals surface area contributed by atoms with Crippen LogP contribution in [0.2, 0.25) is 0 Å². The van der Waals surface area contributed by atoms with E-state index in [4.69, 9.17) is 4.98 Å². The second kappa shape index (κ2) is 9.97. The number of rotatable bonds is 7. The lowest BCUT2D eigenvalue weighted by Gasteiger charge is -2.31. The first-order chi connectivity index (χ1) is 15.7. The van der Waals surface area contributed by atoms with Crippen molar-refractivity contribution in [2.75, 3.05) is 24.2 Å². The Hall–Kier alpha value is -2.49. The maximum atomic E-state index is 12.7. The Morgan fingerprint density at radius 3 is 2.62 bits per heavy atom. The molecule has 0 unspecified atom stereocenters. The number of carbonyl (C=O) groups is 1. The second-order valence-corrected chi connectivity index (χ2v) is 10.9. The lowest BCUT2D eigenvalue weighted by atomic mass is 9.97. The standard InChI is InChI=1S/C23H23N5OS3/c29-20(15-30-23-27-26-22(32-23)24-14-16-6-2-1-3-7-16)28-12-10-17(11-13-28)21-25-18-8-4-5-9-19(18)31-21/h1-9,17H,10-15H2,(H,24,26). The van der Waals surface area contributed by atoms with E-state index in [0.717, 1.165) is 40.9 Å². The fourth-order valence-corrected chi connectivity index (χ4v) is 6.56. The Kier molecular flexibility index (Phi) is 6.66. The van der Waals surface area contributed by atoms with Crippen LogP contribution < -0.4 is 5.32 Å². The van der Waals surface area contributed by atoms with Crippen LogP contribution in [0.4, 0.5) is 5.13 Å². The predicted molar refractivity (Wildman–Crippen MR) is 133 cm³/mol. The Labute approximate surface area is 199 Å². The smallest absolute Gasteiger partial charge is 0.233 e. The predicted octanol–water partition coefficient (Wildman–Crippen LogP) is 5.26. The van der Waals surface area contributed by atoms with E-state index in [9.17, 15) is 4.79 Å². The third-order valence-corrected chi connectivity index (χ3v) is 8.72. The van der Waals surface area contributed by atoms with Crippen molar-refractivity contribution in [3.8, 4) is 0 Å². The molecule has 1 fully saturated rings. The van der Waals surface area contributed by atoms with Gasteiger partial charge in [0.05, 0.1) is 21.0 Å². The second-order valence-electron chi connectivity index (χ2n) is 7.68. The molecule has 1 amide bonds. The first-order valence-electron chi connectivity index (χ1n) is 10.6. The number of piperidine rings is 1. The van der Waals surface area contributed by atoms with Crippen LogP contribution in [-0.4, -0.2) is 44.8 Å². The highest BCUT2D eigenvalue weighted by molar-refractivity contribution is 8.01. The number of nitrogens with zero attached hydrogens (tertiary/aromatic N) is 4.